The Hall–Kier alpha value is -1.43. The fourth-order valence-corrected chi connectivity index (χ4v) is 3.57. The van der Waals surface area contributed by atoms with E-state index in [1.54, 1.807) is 10.3 Å². The van der Waals surface area contributed by atoms with Crippen LogP contribution in [0, 0.1) is 5.92 Å². The third kappa shape index (κ3) is 2.95. The topological polar surface area (TPSA) is 53.4 Å². The van der Waals surface area contributed by atoms with Gasteiger partial charge in [0.25, 0.3) is 5.91 Å². The number of carbonyl (C=O) groups is 1. The minimum Gasteiger partial charge on any atom is -0.396 e. The fourth-order valence-electron chi connectivity index (χ4n) is 2.46. The number of aromatic nitrogens is 1. The molecule has 0 spiro atoms. The predicted octanol–water partition coefficient (Wildman–Crippen LogP) is 2.92. The van der Waals surface area contributed by atoms with E-state index in [1.165, 1.54) is 11.3 Å². The van der Waals surface area contributed by atoms with Crippen LogP contribution in [0.25, 0.3) is 10.6 Å². The van der Waals surface area contributed by atoms with Crippen LogP contribution in [0.3, 0.4) is 0 Å². The van der Waals surface area contributed by atoms with Gasteiger partial charge in [0.05, 0.1) is 5.02 Å². The zero-order valence-corrected chi connectivity index (χ0v) is 12.9. The number of benzene rings is 1. The highest BCUT2D eigenvalue weighted by atomic mass is 35.5. The van der Waals surface area contributed by atoms with Gasteiger partial charge in [-0.1, -0.05) is 29.8 Å². The smallest absolute Gasteiger partial charge is 0.273 e. The number of aliphatic hydroxyl groups excluding tert-OH is 1. The quantitative estimate of drug-likeness (QED) is 0.945. The number of thiazole rings is 1. The third-order valence-electron chi connectivity index (χ3n) is 3.66. The number of hydrogen-bond acceptors (Lipinski definition) is 4. The maximum absolute atomic E-state index is 12.4. The average molecular weight is 323 g/mol. The van der Waals surface area contributed by atoms with Crippen molar-refractivity contribution in [3.05, 3.63) is 40.4 Å². The van der Waals surface area contributed by atoms with Crippen molar-refractivity contribution in [2.75, 3.05) is 19.7 Å². The van der Waals surface area contributed by atoms with Crippen LogP contribution < -0.4 is 0 Å². The predicted molar refractivity (Wildman–Crippen MR) is 83.7 cm³/mol. The van der Waals surface area contributed by atoms with Gasteiger partial charge >= 0.3 is 0 Å². The van der Waals surface area contributed by atoms with E-state index in [0.717, 1.165) is 17.0 Å². The highest BCUT2D eigenvalue weighted by Crippen LogP contribution is 2.30. The molecule has 0 saturated carbocycles. The summed E-state index contributed by atoms with van der Waals surface area (Å²) in [5.41, 5.74) is 1.30. The number of halogens is 1. The minimum atomic E-state index is -0.0690. The Balaban J connectivity index is 1.79. The Morgan fingerprint density at radius 3 is 3.00 bits per heavy atom. The number of likely N-dealkylation sites (tertiary alicyclic amines) is 1. The van der Waals surface area contributed by atoms with Crippen LogP contribution in [0.2, 0.25) is 5.02 Å². The second-order valence-electron chi connectivity index (χ2n) is 5.11. The molecular weight excluding hydrogens is 308 g/mol. The summed E-state index contributed by atoms with van der Waals surface area (Å²) in [5.74, 6) is 0.121. The zero-order chi connectivity index (χ0) is 14.8. The van der Waals surface area contributed by atoms with Crippen LogP contribution in [0.4, 0.5) is 0 Å². The van der Waals surface area contributed by atoms with Gasteiger partial charge in [0.15, 0.2) is 0 Å². The number of carbonyl (C=O) groups excluding carboxylic acids is 1. The monoisotopic (exact) mass is 322 g/mol. The lowest BCUT2D eigenvalue weighted by molar-refractivity contribution is 0.0777. The van der Waals surface area contributed by atoms with Gasteiger partial charge in [0.2, 0.25) is 0 Å². The molecule has 0 radical (unpaired) electrons. The van der Waals surface area contributed by atoms with Gasteiger partial charge in [0, 0.05) is 36.6 Å². The van der Waals surface area contributed by atoms with Crippen LogP contribution in [-0.2, 0) is 0 Å². The molecule has 0 aliphatic carbocycles. The van der Waals surface area contributed by atoms with E-state index in [4.69, 9.17) is 16.7 Å². The molecule has 21 heavy (non-hydrogen) atoms. The summed E-state index contributed by atoms with van der Waals surface area (Å²) < 4.78 is 0. The van der Waals surface area contributed by atoms with Crippen LogP contribution in [0.5, 0.6) is 0 Å². The normalized spacial score (nSPS) is 18.2. The Bertz CT molecular complexity index is 659. The van der Waals surface area contributed by atoms with Gasteiger partial charge in [0.1, 0.15) is 10.7 Å². The van der Waals surface area contributed by atoms with Crippen LogP contribution >= 0.6 is 22.9 Å². The second-order valence-corrected chi connectivity index (χ2v) is 6.37. The van der Waals surface area contributed by atoms with Gasteiger partial charge in [-0.2, -0.15) is 0 Å². The summed E-state index contributed by atoms with van der Waals surface area (Å²) in [4.78, 5) is 18.6. The Morgan fingerprint density at radius 1 is 1.48 bits per heavy atom. The van der Waals surface area contributed by atoms with E-state index in [-0.39, 0.29) is 18.4 Å². The van der Waals surface area contributed by atoms with Gasteiger partial charge in [-0.15, -0.1) is 11.3 Å². The molecule has 0 bridgehead atoms. The van der Waals surface area contributed by atoms with E-state index < -0.39 is 0 Å². The highest BCUT2D eigenvalue weighted by molar-refractivity contribution is 7.13. The van der Waals surface area contributed by atoms with E-state index >= 15 is 0 Å². The third-order valence-corrected chi connectivity index (χ3v) is 4.86. The molecular formula is C15H15ClN2O2S. The summed E-state index contributed by atoms with van der Waals surface area (Å²) in [6.45, 7) is 1.42. The molecule has 1 saturated heterocycles. The van der Waals surface area contributed by atoms with Crippen molar-refractivity contribution >= 4 is 28.8 Å². The number of amides is 1. The Labute approximate surface area is 132 Å². The Morgan fingerprint density at radius 2 is 2.29 bits per heavy atom. The molecule has 1 unspecified atom stereocenters. The molecule has 6 heteroatoms. The van der Waals surface area contributed by atoms with Crippen molar-refractivity contribution in [3.63, 3.8) is 0 Å². The van der Waals surface area contributed by atoms with Gasteiger partial charge in [-0.05, 0) is 12.5 Å². The molecule has 1 aliphatic rings. The lowest BCUT2D eigenvalue weighted by Gasteiger charge is -2.14. The van der Waals surface area contributed by atoms with Crippen molar-refractivity contribution in [1.29, 1.82) is 0 Å². The van der Waals surface area contributed by atoms with Crippen molar-refractivity contribution in [2.45, 2.75) is 6.42 Å². The molecule has 1 amide bonds. The van der Waals surface area contributed by atoms with E-state index in [0.29, 0.717) is 23.8 Å². The van der Waals surface area contributed by atoms with Crippen LogP contribution in [0.15, 0.2) is 29.6 Å². The largest absolute Gasteiger partial charge is 0.396 e. The SMILES string of the molecule is O=C(c1csc(-c2ccccc2Cl)n1)N1CCC(CO)C1. The van der Waals surface area contributed by atoms with E-state index in [1.807, 2.05) is 24.3 Å². The van der Waals surface area contributed by atoms with Crippen molar-refractivity contribution < 1.29 is 9.90 Å². The molecule has 1 fully saturated rings. The first-order valence-electron chi connectivity index (χ1n) is 6.79. The summed E-state index contributed by atoms with van der Waals surface area (Å²) in [7, 11) is 0. The average Bonchev–Trinajstić information content (AvgIpc) is 3.16. The second kappa shape index (κ2) is 6.13. The maximum atomic E-state index is 12.4. The first kappa shape index (κ1) is 14.5. The van der Waals surface area contributed by atoms with E-state index in [2.05, 4.69) is 4.98 Å². The Kier molecular flexibility index (Phi) is 4.24. The molecule has 1 aliphatic heterocycles. The summed E-state index contributed by atoms with van der Waals surface area (Å²) in [5, 5.41) is 12.3. The fraction of sp³-hybridized carbons (Fsp3) is 0.333. The number of aliphatic hydroxyl groups is 1. The lowest BCUT2D eigenvalue weighted by atomic mass is 10.1. The lowest BCUT2D eigenvalue weighted by Crippen LogP contribution is -2.29. The molecule has 1 N–H and O–H groups in total. The van der Waals surface area contributed by atoms with Crippen molar-refractivity contribution in [2.24, 2.45) is 5.92 Å². The van der Waals surface area contributed by atoms with Crippen LogP contribution in [0.1, 0.15) is 16.9 Å². The molecule has 1 atom stereocenters. The molecule has 2 aromatic rings. The number of rotatable bonds is 3. The summed E-state index contributed by atoms with van der Waals surface area (Å²) >= 11 is 7.57. The molecule has 110 valence electrons. The van der Waals surface area contributed by atoms with E-state index in [9.17, 15) is 4.79 Å². The number of nitrogens with zero attached hydrogens (tertiary/aromatic N) is 2. The van der Waals surface area contributed by atoms with Crippen molar-refractivity contribution in [3.8, 4) is 10.6 Å². The molecule has 3 rings (SSSR count). The number of hydrogen-bond donors (Lipinski definition) is 1. The molecule has 4 nitrogen and oxygen atoms in total. The van der Waals surface area contributed by atoms with Crippen molar-refractivity contribution in [1.82, 2.24) is 9.88 Å². The molecule has 2 heterocycles. The zero-order valence-electron chi connectivity index (χ0n) is 11.3. The first-order valence-corrected chi connectivity index (χ1v) is 8.05. The van der Waals surface area contributed by atoms with Gasteiger partial charge < -0.3 is 10.0 Å². The minimum absolute atomic E-state index is 0.0690. The molecule has 1 aromatic heterocycles. The first-order chi connectivity index (χ1) is 10.2. The summed E-state index contributed by atoms with van der Waals surface area (Å²) in [6.07, 6.45) is 0.851. The highest BCUT2D eigenvalue weighted by Gasteiger charge is 2.27. The standard InChI is InChI=1S/C15H15ClN2O2S/c16-12-4-2-1-3-11(12)14-17-13(9-21-14)15(20)18-6-5-10(7-18)8-19/h1-4,9-10,19H,5-8H2. The van der Waals surface area contributed by atoms with Crippen LogP contribution in [-0.4, -0.2) is 40.6 Å². The maximum Gasteiger partial charge on any atom is 0.273 e. The molecule has 1 aromatic carbocycles. The van der Waals surface area contributed by atoms with Gasteiger partial charge in [-0.25, -0.2) is 4.98 Å². The van der Waals surface area contributed by atoms with Gasteiger partial charge in [-0.3, -0.25) is 4.79 Å². The summed E-state index contributed by atoms with van der Waals surface area (Å²) in [6, 6.07) is 7.47.